The Morgan fingerprint density at radius 3 is 1.27 bits per heavy atom. The Morgan fingerprint density at radius 1 is 0.286 bits per heavy atom. The van der Waals surface area contributed by atoms with Crippen molar-refractivity contribution in [3.63, 3.8) is 0 Å². The van der Waals surface area contributed by atoms with E-state index in [0.717, 1.165) is 22.7 Å². The second-order valence-electron chi connectivity index (χ2n) is 14.2. The molecular formula is C54H38N2. The van der Waals surface area contributed by atoms with Crippen LogP contribution in [0.2, 0.25) is 0 Å². The van der Waals surface area contributed by atoms with Gasteiger partial charge in [0.25, 0.3) is 0 Å². The Morgan fingerprint density at radius 2 is 0.696 bits per heavy atom. The van der Waals surface area contributed by atoms with Crippen LogP contribution in [0.15, 0.2) is 231 Å². The number of benzene rings is 9. The van der Waals surface area contributed by atoms with Gasteiger partial charge in [0.2, 0.25) is 0 Å². The van der Waals surface area contributed by atoms with Gasteiger partial charge in [-0.05, 0) is 99.6 Å². The third-order valence-electron chi connectivity index (χ3n) is 10.8. The molecule has 0 aliphatic rings. The smallest absolute Gasteiger partial charge is 0.0541 e. The first-order valence-electron chi connectivity index (χ1n) is 19.2. The van der Waals surface area contributed by atoms with Crippen molar-refractivity contribution in [3.05, 3.63) is 231 Å². The van der Waals surface area contributed by atoms with Gasteiger partial charge in [0.15, 0.2) is 0 Å². The van der Waals surface area contributed by atoms with Crippen LogP contribution >= 0.6 is 0 Å². The molecule has 0 bridgehead atoms. The number of anilines is 3. The Balaban J connectivity index is 1.09. The van der Waals surface area contributed by atoms with E-state index in [1.165, 1.54) is 66.3 Å². The van der Waals surface area contributed by atoms with E-state index < -0.39 is 0 Å². The molecule has 2 nitrogen and oxygen atoms in total. The Labute approximate surface area is 327 Å². The highest BCUT2D eigenvalue weighted by molar-refractivity contribution is 6.09. The van der Waals surface area contributed by atoms with Crippen molar-refractivity contribution in [2.45, 2.75) is 0 Å². The number of hydrogen-bond acceptors (Lipinski definition) is 1. The summed E-state index contributed by atoms with van der Waals surface area (Å²) in [5.74, 6) is 0. The summed E-state index contributed by atoms with van der Waals surface area (Å²) in [5.41, 5.74) is 16.3. The molecule has 1 heterocycles. The summed E-state index contributed by atoms with van der Waals surface area (Å²) in [6.45, 7) is 0. The Bertz CT molecular complexity index is 2870. The minimum Gasteiger partial charge on any atom is -0.310 e. The maximum Gasteiger partial charge on any atom is 0.0541 e. The molecule has 0 aliphatic carbocycles. The van der Waals surface area contributed by atoms with Crippen molar-refractivity contribution in [1.29, 1.82) is 0 Å². The minimum atomic E-state index is 1.09. The van der Waals surface area contributed by atoms with E-state index in [-0.39, 0.29) is 0 Å². The molecule has 0 saturated carbocycles. The molecule has 0 saturated heterocycles. The number of hydrogen-bond donors (Lipinski definition) is 0. The molecule has 10 rings (SSSR count). The molecule has 0 atom stereocenters. The van der Waals surface area contributed by atoms with Gasteiger partial charge in [0, 0.05) is 33.4 Å². The van der Waals surface area contributed by atoms with E-state index in [1.807, 2.05) is 0 Å². The van der Waals surface area contributed by atoms with Gasteiger partial charge in [-0.3, -0.25) is 0 Å². The average Bonchev–Trinajstić information content (AvgIpc) is 3.62. The number of nitrogens with zero attached hydrogens (tertiary/aromatic N) is 2. The molecule has 9 aromatic carbocycles. The third-order valence-corrected chi connectivity index (χ3v) is 10.8. The van der Waals surface area contributed by atoms with Crippen LogP contribution < -0.4 is 4.90 Å². The first-order chi connectivity index (χ1) is 27.8. The van der Waals surface area contributed by atoms with Crippen LogP contribution in [0.3, 0.4) is 0 Å². The normalized spacial score (nSPS) is 11.2. The molecular weight excluding hydrogens is 677 g/mol. The fraction of sp³-hybridized carbons (Fsp3) is 0. The number of para-hydroxylation sites is 2. The summed E-state index contributed by atoms with van der Waals surface area (Å²) >= 11 is 0. The summed E-state index contributed by atoms with van der Waals surface area (Å²) in [7, 11) is 0. The summed E-state index contributed by atoms with van der Waals surface area (Å²) in [4.78, 5) is 2.39. The second-order valence-corrected chi connectivity index (χ2v) is 14.2. The molecule has 0 spiro atoms. The first-order valence-corrected chi connectivity index (χ1v) is 19.2. The van der Waals surface area contributed by atoms with Gasteiger partial charge in [0.1, 0.15) is 0 Å². The fourth-order valence-electron chi connectivity index (χ4n) is 8.08. The van der Waals surface area contributed by atoms with Crippen molar-refractivity contribution in [2.75, 3.05) is 4.90 Å². The zero-order valence-electron chi connectivity index (χ0n) is 30.8. The highest BCUT2D eigenvalue weighted by Crippen LogP contribution is 2.43. The lowest BCUT2D eigenvalue weighted by Gasteiger charge is -2.29. The van der Waals surface area contributed by atoms with Crippen LogP contribution in [0.25, 0.3) is 72.0 Å². The van der Waals surface area contributed by atoms with Gasteiger partial charge in [-0.15, -0.1) is 0 Å². The molecule has 264 valence electrons. The number of rotatable bonds is 8. The topological polar surface area (TPSA) is 8.17 Å². The van der Waals surface area contributed by atoms with E-state index in [0.29, 0.717) is 0 Å². The monoisotopic (exact) mass is 714 g/mol. The van der Waals surface area contributed by atoms with Crippen LogP contribution in [-0.4, -0.2) is 4.57 Å². The van der Waals surface area contributed by atoms with Crippen LogP contribution in [0.1, 0.15) is 0 Å². The Hall–Kier alpha value is -7.42. The SMILES string of the molecule is c1ccc(-c2ccc(N(c3ccc(-c4cccc(-n5c6ccccc6c6ccccc65)c4)cc3)c3ccc(-c4ccccc4)cc3-c3ccccc3)cc2)cc1. The van der Waals surface area contributed by atoms with Crippen molar-refractivity contribution in [2.24, 2.45) is 0 Å². The van der Waals surface area contributed by atoms with E-state index in [1.54, 1.807) is 0 Å². The second kappa shape index (κ2) is 14.4. The van der Waals surface area contributed by atoms with Crippen LogP contribution in [0.5, 0.6) is 0 Å². The van der Waals surface area contributed by atoms with Gasteiger partial charge in [-0.1, -0.05) is 170 Å². The van der Waals surface area contributed by atoms with E-state index >= 15 is 0 Å². The standard InChI is InChI=1S/C54H38N2/c1-4-15-39(16-5-1)41-27-32-46(33-28-41)55(54-36-31-45(40-17-6-2-7-18-40)38-51(54)43-19-8-3-9-20-43)47-34-29-42(30-35-47)44-21-14-22-48(37-44)56-52-25-12-10-23-49(52)50-24-11-13-26-53(50)56/h1-38H. The summed E-state index contributed by atoms with van der Waals surface area (Å²) < 4.78 is 2.38. The number of aromatic nitrogens is 1. The van der Waals surface area contributed by atoms with Gasteiger partial charge in [0.05, 0.1) is 16.7 Å². The third kappa shape index (κ3) is 6.14. The number of fused-ring (bicyclic) bond motifs is 3. The lowest BCUT2D eigenvalue weighted by Crippen LogP contribution is -2.11. The predicted octanol–water partition coefficient (Wildman–Crippen LogP) is 14.9. The predicted molar refractivity (Wildman–Crippen MR) is 237 cm³/mol. The molecule has 56 heavy (non-hydrogen) atoms. The Kier molecular flexibility index (Phi) is 8.55. The van der Waals surface area contributed by atoms with Gasteiger partial charge >= 0.3 is 0 Å². The maximum atomic E-state index is 2.39. The van der Waals surface area contributed by atoms with Gasteiger partial charge < -0.3 is 9.47 Å². The van der Waals surface area contributed by atoms with E-state index in [2.05, 4.69) is 240 Å². The highest BCUT2D eigenvalue weighted by Gasteiger charge is 2.19. The quantitative estimate of drug-likeness (QED) is 0.152. The summed E-state index contributed by atoms with van der Waals surface area (Å²) in [6.07, 6.45) is 0. The average molecular weight is 715 g/mol. The van der Waals surface area contributed by atoms with Crippen LogP contribution in [0, 0.1) is 0 Å². The van der Waals surface area contributed by atoms with Crippen molar-refractivity contribution >= 4 is 38.9 Å². The molecule has 0 aliphatic heterocycles. The first kappa shape index (κ1) is 33.2. The molecule has 1 aromatic heterocycles. The highest BCUT2D eigenvalue weighted by atomic mass is 15.1. The minimum absolute atomic E-state index is 1.09. The largest absolute Gasteiger partial charge is 0.310 e. The van der Waals surface area contributed by atoms with Crippen molar-refractivity contribution < 1.29 is 0 Å². The molecule has 10 aromatic rings. The maximum absolute atomic E-state index is 2.39. The lowest BCUT2D eigenvalue weighted by molar-refractivity contribution is 1.18. The van der Waals surface area contributed by atoms with E-state index in [4.69, 9.17) is 0 Å². The summed E-state index contributed by atoms with van der Waals surface area (Å²) in [6, 6.07) is 83.0. The molecule has 0 radical (unpaired) electrons. The zero-order valence-corrected chi connectivity index (χ0v) is 30.8. The van der Waals surface area contributed by atoms with Gasteiger partial charge in [-0.25, -0.2) is 0 Å². The van der Waals surface area contributed by atoms with Gasteiger partial charge in [-0.2, -0.15) is 0 Å². The fourth-order valence-corrected chi connectivity index (χ4v) is 8.08. The molecule has 0 unspecified atom stereocenters. The molecule has 0 amide bonds. The van der Waals surface area contributed by atoms with Crippen molar-refractivity contribution in [1.82, 2.24) is 4.57 Å². The molecule has 0 N–H and O–H groups in total. The summed E-state index contributed by atoms with van der Waals surface area (Å²) in [5, 5.41) is 2.53. The van der Waals surface area contributed by atoms with Crippen LogP contribution in [-0.2, 0) is 0 Å². The molecule has 0 fully saturated rings. The van der Waals surface area contributed by atoms with E-state index in [9.17, 15) is 0 Å². The van der Waals surface area contributed by atoms with Crippen molar-refractivity contribution in [3.8, 4) is 50.2 Å². The molecule has 2 heteroatoms. The zero-order chi connectivity index (χ0) is 37.3. The van der Waals surface area contributed by atoms with Crippen LogP contribution in [0.4, 0.5) is 17.1 Å². The lowest BCUT2D eigenvalue weighted by atomic mass is 9.96.